The molecule has 1 atom stereocenters. The molecule has 2 rings (SSSR count). The molecule has 0 aromatic heterocycles. The zero-order chi connectivity index (χ0) is 15.2. The molecule has 1 aliphatic rings. The minimum Gasteiger partial charge on any atom is -0.493 e. The van der Waals surface area contributed by atoms with Crippen molar-refractivity contribution in [3.05, 3.63) is 29.8 Å². The van der Waals surface area contributed by atoms with Gasteiger partial charge in [0.25, 0.3) is 0 Å². The summed E-state index contributed by atoms with van der Waals surface area (Å²) in [6.07, 6.45) is 1.47. The molecule has 1 saturated heterocycles. The van der Waals surface area contributed by atoms with Crippen LogP contribution in [0.2, 0.25) is 0 Å². The van der Waals surface area contributed by atoms with Crippen LogP contribution in [0.25, 0.3) is 0 Å². The molecule has 1 aliphatic heterocycles. The Morgan fingerprint density at radius 1 is 1.36 bits per heavy atom. The third-order valence-electron chi connectivity index (χ3n) is 4.11. The predicted octanol–water partition coefficient (Wildman–Crippen LogP) is 2.82. The maximum absolute atomic E-state index is 12.1. The average molecular weight is 327 g/mol. The van der Waals surface area contributed by atoms with Crippen molar-refractivity contribution in [2.45, 2.75) is 38.6 Å². The van der Waals surface area contributed by atoms with Crippen molar-refractivity contribution in [1.82, 2.24) is 10.2 Å². The van der Waals surface area contributed by atoms with Crippen LogP contribution < -0.4 is 10.1 Å². The number of ether oxygens (including phenoxy) is 1. The smallest absolute Gasteiger partial charge is 0.226 e. The average Bonchev–Trinajstić information content (AvgIpc) is 3.01. The Morgan fingerprint density at radius 3 is 2.59 bits per heavy atom. The number of benzene rings is 1. The van der Waals surface area contributed by atoms with Gasteiger partial charge in [0.05, 0.1) is 13.0 Å². The zero-order valence-corrected chi connectivity index (χ0v) is 14.5. The van der Waals surface area contributed by atoms with Gasteiger partial charge in [-0.2, -0.15) is 0 Å². The molecule has 22 heavy (non-hydrogen) atoms. The van der Waals surface area contributed by atoms with Crippen LogP contribution in [0.15, 0.2) is 24.3 Å². The van der Waals surface area contributed by atoms with E-state index in [1.54, 1.807) is 0 Å². The van der Waals surface area contributed by atoms with Gasteiger partial charge in [0, 0.05) is 19.6 Å². The number of nitrogens with one attached hydrogen (secondary N) is 1. The topological polar surface area (TPSA) is 41.6 Å². The number of hydrogen-bond donors (Lipinski definition) is 1. The number of hydrogen-bond acceptors (Lipinski definition) is 3. The van der Waals surface area contributed by atoms with E-state index in [-0.39, 0.29) is 18.3 Å². The van der Waals surface area contributed by atoms with Gasteiger partial charge in [-0.05, 0) is 36.6 Å². The van der Waals surface area contributed by atoms with Crippen molar-refractivity contribution in [2.75, 3.05) is 26.7 Å². The van der Waals surface area contributed by atoms with Crippen molar-refractivity contribution in [3.63, 3.8) is 0 Å². The summed E-state index contributed by atoms with van der Waals surface area (Å²) in [5.41, 5.74) is 1.30. The Kier molecular flexibility index (Phi) is 7.69. The second kappa shape index (κ2) is 9.01. The summed E-state index contributed by atoms with van der Waals surface area (Å²) in [5.74, 6) is 1.51. The second-order valence-corrected chi connectivity index (χ2v) is 5.97. The fourth-order valence-corrected chi connectivity index (χ4v) is 2.56. The SMILES string of the molecule is CC(C)c1ccc(OCCC(=O)N(C)C2CCNC2)cc1.Cl. The summed E-state index contributed by atoms with van der Waals surface area (Å²) in [4.78, 5) is 13.9. The van der Waals surface area contributed by atoms with E-state index in [1.165, 1.54) is 5.56 Å². The van der Waals surface area contributed by atoms with E-state index in [1.807, 2.05) is 24.1 Å². The van der Waals surface area contributed by atoms with Gasteiger partial charge in [-0.1, -0.05) is 26.0 Å². The van der Waals surface area contributed by atoms with Gasteiger partial charge in [0.15, 0.2) is 0 Å². The molecule has 124 valence electrons. The van der Waals surface area contributed by atoms with Crippen LogP contribution in [-0.4, -0.2) is 43.6 Å². The number of likely N-dealkylation sites (N-methyl/N-ethyl adjacent to an activating group) is 1. The fraction of sp³-hybridized carbons (Fsp3) is 0.588. The van der Waals surface area contributed by atoms with E-state index in [9.17, 15) is 4.79 Å². The highest BCUT2D eigenvalue weighted by molar-refractivity contribution is 5.85. The van der Waals surface area contributed by atoms with Crippen LogP contribution in [-0.2, 0) is 4.79 Å². The van der Waals surface area contributed by atoms with Gasteiger partial charge >= 0.3 is 0 Å². The second-order valence-electron chi connectivity index (χ2n) is 5.97. The number of halogens is 1. The molecule has 0 saturated carbocycles. The predicted molar refractivity (Wildman–Crippen MR) is 91.9 cm³/mol. The Bertz CT molecular complexity index is 456. The molecule has 1 heterocycles. The molecule has 1 N–H and O–H groups in total. The lowest BCUT2D eigenvalue weighted by atomic mass is 10.0. The number of carbonyl (C=O) groups excluding carboxylic acids is 1. The van der Waals surface area contributed by atoms with Crippen molar-refractivity contribution in [3.8, 4) is 5.75 Å². The monoisotopic (exact) mass is 326 g/mol. The highest BCUT2D eigenvalue weighted by atomic mass is 35.5. The molecule has 1 fully saturated rings. The minimum atomic E-state index is 0. The van der Waals surface area contributed by atoms with Crippen LogP contribution in [0, 0.1) is 0 Å². The molecule has 1 aromatic carbocycles. The first-order valence-corrected chi connectivity index (χ1v) is 7.77. The van der Waals surface area contributed by atoms with Crippen LogP contribution in [0.4, 0.5) is 0 Å². The number of nitrogens with zero attached hydrogens (tertiary/aromatic N) is 1. The molecular formula is C17H27ClN2O2. The zero-order valence-electron chi connectivity index (χ0n) is 13.7. The van der Waals surface area contributed by atoms with Crippen molar-refractivity contribution >= 4 is 18.3 Å². The maximum Gasteiger partial charge on any atom is 0.226 e. The molecule has 1 unspecified atom stereocenters. The first kappa shape index (κ1) is 18.8. The van der Waals surface area contributed by atoms with E-state index in [0.29, 0.717) is 25.0 Å². The third-order valence-corrected chi connectivity index (χ3v) is 4.11. The highest BCUT2D eigenvalue weighted by Gasteiger charge is 2.22. The molecule has 0 radical (unpaired) electrons. The van der Waals surface area contributed by atoms with E-state index >= 15 is 0 Å². The summed E-state index contributed by atoms with van der Waals surface area (Å²) >= 11 is 0. The van der Waals surface area contributed by atoms with Crippen LogP contribution >= 0.6 is 12.4 Å². The first-order chi connectivity index (χ1) is 10.1. The van der Waals surface area contributed by atoms with Crippen molar-refractivity contribution in [1.29, 1.82) is 0 Å². The molecular weight excluding hydrogens is 300 g/mol. The van der Waals surface area contributed by atoms with Crippen molar-refractivity contribution < 1.29 is 9.53 Å². The van der Waals surface area contributed by atoms with Gasteiger partial charge < -0.3 is 15.0 Å². The largest absolute Gasteiger partial charge is 0.493 e. The molecule has 4 nitrogen and oxygen atoms in total. The van der Waals surface area contributed by atoms with Crippen LogP contribution in [0.5, 0.6) is 5.75 Å². The van der Waals surface area contributed by atoms with Crippen molar-refractivity contribution in [2.24, 2.45) is 0 Å². The van der Waals surface area contributed by atoms with Crippen LogP contribution in [0.1, 0.15) is 38.2 Å². The van der Waals surface area contributed by atoms with Gasteiger partial charge in [-0.3, -0.25) is 4.79 Å². The summed E-state index contributed by atoms with van der Waals surface area (Å²) in [6, 6.07) is 8.45. The molecule has 1 amide bonds. The summed E-state index contributed by atoms with van der Waals surface area (Å²) in [5, 5.41) is 3.28. The van der Waals surface area contributed by atoms with E-state index in [2.05, 4.69) is 31.3 Å². The lowest BCUT2D eigenvalue weighted by molar-refractivity contribution is -0.132. The highest BCUT2D eigenvalue weighted by Crippen LogP contribution is 2.18. The Balaban J connectivity index is 0.00000242. The summed E-state index contributed by atoms with van der Waals surface area (Å²) in [6.45, 7) is 6.68. The first-order valence-electron chi connectivity index (χ1n) is 7.77. The fourth-order valence-electron chi connectivity index (χ4n) is 2.56. The quantitative estimate of drug-likeness (QED) is 0.874. The van der Waals surface area contributed by atoms with Gasteiger partial charge in [-0.25, -0.2) is 0 Å². The maximum atomic E-state index is 12.1. The standard InChI is InChI=1S/C17H26N2O2.ClH/c1-13(2)14-4-6-16(7-5-14)21-11-9-17(20)19(3)15-8-10-18-12-15;/h4-7,13,15,18H,8-12H2,1-3H3;1H. The number of carbonyl (C=O) groups is 1. The summed E-state index contributed by atoms with van der Waals surface area (Å²) < 4.78 is 5.66. The lowest BCUT2D eigenvalue weighted by Crippen LogP contribution is -2.38. The van der Waals surface area contributed by atoms with Gasteiger partial charge in [0.2, 0.25) is 5.91 Å². The third kappa shape index (κ3) is 5.18. The van der Waals surface area contributed by atoms with E-state index < -0.39 is 0 Å². The Hall–Kier alpha value is -1.26. The molecule has 0 aliphatic carbocycles. The number of amides is 1. The Labute approximate surface area is 139 Å². The lowest BCUT2D eigenvalue weighted by Gasteiger charge is -2.23. The normalized spacial score (nSPS) is 17.2. The van der Waals surface area contributed by atoms with E-state index in [4.69, 9.17) is 4.74 Å². The molecule has 1 aromatic rings. The van der Waals surface area contributed by atoms with Crippen LogP contribution in [0.3, 0.4) is 0 Å². The molecule has 0 bridgehead atoms. The minimum absolute atomic E-state index is 0. The molecule has 0 spiro atoms. The number of rotatable bonds is 6. The Morgan fingerprint density at radius 2 is 2.05 bits per heavy atom. The molecule has 5 heteroatoms. The van der Waals surface area contributed by atoms with Gasteiger partial charge in [0.1, 0.15) is 5.75 Å². The van der Waals surface area contributed by atoms with E-state index in [0.717, 1.165) is 25.3 Å². The summed E-state index contributed by atoms with van der Waals surface area (Å²) in [7, 11) is 1.89. The van der Waals surface area contributed by atoms with Gasteiger partial charge in [-0.15, -0.1) is 12.4 Å².